The lowest BCUT2D eigenvalue weighted by atomic mass is 10.1. The van der Waals surface area contributed by atoms with E-state index in [1.54, 1.807) is 4.90 Å². The zero-order valence-electron chi connectivity index (χ0n) is 12.3. The molecular formula is C17H17Br2NO. The van der Waals surface area contributed by atoms with E-state index in [0.717, 1.165) is 8.95 Å². The molecule has 0 atom stereocenters. The second-order valence-corrected chi connectivity index (χ2v) is 7.08. The summed E-state index contributed by atoms with van der Waals surface area (Å²) >= 11 is 6.83. The van der Waals surface area contributed by atoms with Gasteiger partial charge in [-0.3, -0.25) is 4.79 Å². The van der Waals surface area contributed by atoms with Gasteiger partial charge in [0.2, 0.25) is 0 Å². The molecule has 0 aliphatic rings. The van der Waals surface area contributed by atoms with E-state index < -0.39 is 0 Å². The number of hydrogen-bond donors (Lipinski definition) is 0. The molecule has 0 bridgehead atoms. The molecule has 0 aliphatic heterocycles. The maximum atomic E-state index is 12.5. The van der Waals surface area contributed by atoms with E-state index in [2.05, 4.69) is 63.9 Å². The number of amides is 1. The highest BCUT2D eigenvalue weighted by Crippen LogP contribution is 2.21. The van der Waals surface area contributed by atoms with Crippen LogP contribution in [0.25, 0.3) is 0 Å². The van der Waals surface area contributed by atoms with Crippen molar-refractivity contribution in [1.82, 2.24) is 4.90 Å². The summed E-state index contributed by atoms with van der Waals surface area (Å²) in [4.78, 5) is 14.3. The second kappa shape index (κ2) is 6.75. The van der Waals surface area contributed by atoms with Crippen molar-refractivity contribution in [3.8, 4) is 0 Å². The minimum atomic E-state index is 0.0111. The summed E-state index contributed by atoms with van der Waals surface area (Å²) in [5.41, 5.74) is 4.29. The predicted octanol–water partition coefficient (Wildman–Crippen LogP) is 5.10. The van der Waals surface area contributed by atoms with Gasteiger partial charge in [0.15, 0.2) is 0 Å². The number of halogens is 2. The average Bonchev–Trinajstić information content (AvgIpc) is 2.40. The van der Waals surface area contributed by atoms with Gasteiger partial charge >= 0.3 is 0 Å². The molecule has 2 nitrogen and oxygen atoms in total. The predicted molar refractivity (Wildman–Crippen MR) is 93.6 cm³/mol. The van der Waals surface area contributed by atoms with Crippen molar-refractivity contribution in [3.63, 3.8) is 0 Å². The summed E-state index contributed by atoms with van der Waals surface area (Å²) in [5.74, 6) is 0.0111. The second-order valence-electron chi connectivity index (χ2n) is 5.25. The van der Waals surface area contributed by atoms with E-state index in [1.165, 1.54) is 16.7 Å². The third kappa shape index (κ3) is 4.17. The van der Waals surface area contributed by atoms with Crippen molar-refractivity contribution >= 4 is 37.8 Å². The van der Waals surface area contributed by atoms with Gasteiger partial charge in [0.25, 0.3) is 5.91 Å². The molecule has 2 rings (SSSR count). The Bertz CT molecular complexity index is 662. The lowest BCUT2D eigenvalue weighted by Crippen LogP contribution is -2.26. The minimum absolute atomic E-state index is 0.0111. The molecule has 0 N–H and O–H groups in total. The lowest BCUT2D eigenvalue weighted by molar-refractivity contribution is 0.0785. The minimum Gasteiger partial charge on any atom is -0.337 e. The Balaban J connectivity index is 2.19. The molecule has 110 valence electrons. The van der Waals surface area contributed by atoms with Crippen LogP contribution in [0.5, 0.6) is 0 Å². The molecule has 0 unspecified atom stereocenters. The van der Waals surface area contributed by atoms with Gasteiger partial charge < -0.3 is 4.90 Å². The van der Waals surface area contributed by atoms with E-state index in [1.807, 2.05) is 25.2 Å². The number of hydrogen-bond acceptors (Lipinski definition) is 1. The zero-order valence-corrected chi connectivity index (χ0v) is 15.5. The van der Waals surface area contributed by atoms with Crippen molar-refractivity contribution in [2.45, 2.75) is 20.4 Å². The van der Waals surface area contributed by atoms with Gasteiger partial charge in [-0.05, 0) is 43.2 Å². The van der Waals surface area contributed by atoms with Crippen molar-refractivity contribution in [3.05, 3.63) is 67.6 Å². The molecule has 0 saturated heterocycles. The number of benzene rings is 2. The maximum absolute atomic E-state index is 12.5. The van der Waals surface area contributed by atoms with Gasteiger partial charge in [0.05, 0.1) is 0 Å². The van der Waals surface area contributed by atoms with Crippen molar-refractivity contribution in [2.24, 2.45) is 0 Å². The van der Waals surface area contributed by atoms with Gasteiger partial charge in [-0.15, -0.1) is 0 Å². The fraction of sp³-hybridized carbons (Fsp3) is 0.235. The first kappa shape index (κ1) is 16.2. The standard InChI is InChI=1S/C17H17Br2NO/c1-11-4-5-13(12(2)6-11)10-20(3)17(21)14-7-15(18)9-16(19)8-14/h4-9H,10H2,1-3H3. The van der Waals surface area contributed by atoms with E-state index >= 15 is 0 Å². The molecular weight excluding hydrogens is 394 g/mol. The molecule has 0 fully saturated rings. The summed E-state index contributed by atoms with van der Waals surface area (Å²) in [6.07, 6.45) is 0. The first-order chi connectivity index (χ1) is 9.86. The molecule has 1 amide bonds. The number of carbonyl (C=O) groups is 1. The Morgan fingerprint density at radius 1 is 1.05 bits per heavy atom. The van der Waals surface area contributed by atoms with E-state index in [0.29, 0.717) is 12.1 Å². The van der Waals surface area contributed by atoms with Crippen LogP contribution in [0.4, 0.5) is 0 Å². The first-order valence-electron chi connectivity index (χ1n) is 6.64. The lowest BCUT2D eigenvalue weighted by Gasteiger charge is -2.19. The van der Waals surface area contributed by atoms with Crippen LogP contribution in [0, 0.1) is 13.8 Å². The average molecular weight is 411 g/mol. The van der Waals surface area contributed by atoms with E-state index in [9.17, 15) is 4.79 Å². The Kier molecular flexibility index (Phi) is 5.22. The topological polar surface area (TPSA) is 20.3 Å². The summed E-state index contributed by atoms with van der Waals surface area (Å²) in [5, 5.41) is 0. The Morgan fingerprint density at radius 2 is 1.67 bits per heavy atom. The van der Waals surface area contributed by atoms with Crippen LogP contribution in [-0.4, -0.2) is 17.9 Å². The largest absolute Gasteiger partial charge is 0.337 e. The Labute approximate surface area is 142 Å². The van der Waals surface area contributed by atoms with E-state index in [4.69, 9.17) is 0 Å². The summed E-state index contributed by atoms with van der Waals surface area (Å²) in [7, 11) is 1.83. The molecule has 0 saturated carbocycles. The van der Waals surface area contributed by atoms with Gasteiger partial charge in [0, 0.05) is 28.1 Å². The third-order valence-electron chi connectivity index (χ3n) is 3.36. The quantitative estimate of drug-likeness (QED) is 0.689. The zero-order chi connectivity index (χ0) is 15.6. The van der Waals surface area contributed by atoms with Crippen LogP contribution in [-0.2, 0) is 6.54 Å². The molecule has 2 aromatic rings. The molecule has 0 aliphatic carbocycles. The van der Waals surface area contributed by atoms with Gasteiger partial charge in [-0.1, -0.05) is 55.6 Å². The van der Waals surface area contributed by atoms with Crippen LogP contribution in [0.2, 0.25) is 0 Å². The van der Waals surface area contributed by atoms with Crippen molar-refractivity contribution < 1.29 is 4.79 Å². The van der Waals surface area contributed by atoms with Gasteiger partial charge in [-0.2, -0.15) is 0 Å². The number of rotatable bonds is 3. The molecule has 2 aromatic carbocycles. The molecule has 0 aromatic heterocycles. The SMILES string of the molecule is Cc1ccc(CN(C)C(=O)c2cc(Br)cc(Br)c2)c(C)c1. The highest BCUT2D eigenvalue weighted by atomic mass is 79.9. The fourth-order valence-electron chi connectivity index (χ4n) is 2.25. The fourth-order valence-corrected chi connectivity index (χ4v) is 3.54. The van der Waals surface area contributed by atoms with Crippen LogP contribution in [0.1, 0.15) is 27.0 Å². The Hall–Kier alpha value is -1.13. The molecule has 0 heterocycles. The van der Waals surface area contributed by atoms with Crippen molar-refractivity contribution in [1.29, 1.82) is 0 Å². The van der Waals surface area contributed by atoms with Gasteiger partial charge in [-0.25, -0.2) is 0 Å². The Morgan fingerprint density at radius 3 is 2.24 bits per heavy atom. The first-order valence-corrected chi connectivity index (χ1v) is 8.23. The highest BCUT2D eigenvalue weighted by Gasteiger charge is 2.14. The molecule has 21 heavy (non-hydrogen) atoms. The highest BCUT2D eigenvalue weighted by molar-refractivity contribution is 9.11. The maximum Gasteiger partial charge on any atom is 0.253 e. The molecule has 0 radical (unpaired) electrons. The smallest absolute Gasteiger partial charge is 0.253 e. The van der Waals surface area contributed by atoms with E-state index in [-0.39, 0.29) is 5.91 Å². The van der Waals surface area contributed by atoms with Crippen molar-refractivity contribution in [2.75, 3.05) is 7.05 Å². The summed E-state index contributed by atoms with van der Waals surface area (Å²) in [6.45, 7) is 4.76. The van der Waals surface area contributed by atoms with Crippen LogP contribution in [0.3, 0.4) is 0 Å². The number of carbonyl (C=O) groups excluding carboxylic acids is 1. The number of nitrogens with zero attached hydrogens (tertiary/aromatic N) is 1. The van der Waals surface area contributed by atoms with Crippen LogP contribution < -0.4 is 0 Å². The van der Waals surface area contributed by atoms with Crippen LogP contribution >= 0.6 is 31.9 Å². The summed E-state index contributed by atoms with van der Waals surface area (Å²) < 4.78 is 1.78. The van der Waals surface area contributed by atoms with Gasteiger partial charge in [0.1, 0.15) is 0 Å². The number of aryl methyl sites for hydroxylation is 2. The normalized spacial score (nSPS) is 10.5. The molecule has 4 heteroatoms. The monoisotopic (exact) mass is 409 g/mol. The third-order valence-corrected chi connectivity index (χ3v) is 4.28. The van der Waals surface area contributed by atoms with Crippen LogP contribution in [0.15, 0.2) is 45.3 Å². The molecule has 0 spiro atoms. The summed E-state index contributed by atoms with van der Waals surface area (Å²) in [6, 6.07) is 11.9.